The van der Waals surface area contributed by atoms with Crippen LogP contribution in [0.25, 0.3) is 10.9 Å². The van der Waals surface area contributed by atoms with E-state index in [0.717, 1.165) is 35.0 Å². The molecule has 2 aromatic carbocycles. The molecule has 0 aliphatic rings. The third-order valence-corrected chi connectivity index (χ3v) is 3.76. The minimum Gasteiger partial charge on any atom is -0.369 e. The molecule has 3 N–H and O–H groups in total. The number of H-pyrrole nitrogens is 1. The first-order chi connectivity index (χ1) is 11.2. The number of carbonyl (C=O) groups excluding carboxylic acids is 1. The maximum absolute atomic E-state index is 11.1. The van der Waals surface area contributed by atoms with Crippen molar-refractivity contribution < 1.29 is 4.79 Å². The van der Waals surface area contributed by atoms with Crippen LogP contribution in [0.3, 0.4) is 0 Å². The Morgan fingerprint density at radius 3 is 2.78 bits per heavy atom. The number of amides is 1. The molecule has 0 bridgehead atoms. The SMILES string of the molecule is NC(=O)Cc1ccc2[nH]cc(CC/N=C/c3ccccc3)c2c1. The second kappa shape index (κ2) is 6.92. The number of nitrogens with one attached hydrogen (secondary N) is 1. The van der Waals surface area contributed by atoms with E-state index >= 15 is 0 Å². The molecule has 3 rings (SSSR count). The Kier molecular flexibility index (Phi) is 4.52. The third kappa shape index (κ3) is 3.86. The standard InChI is InChI=1S/C19H19N3O/c20-19(23)11-15-6-7-18-17(10-15)16(13-22-18)8-9-21-12-14-4-2-1-3-5-14/h1-7,10,12-13,22H,8-9,11H2,(H2,20,23)/b21-12+. The molecule has 0 aliphatic heterocycles. The average Bonchev–Trinajstić information content (AvgIpc) is 2.94. The van der Waals surface area contributed by atoms with E-state index in [9.17, 15) is 4.79 Å². The molecular weight excluding hydrogens is 286 g/mol. The topological polar surface area (TPSA) is 71.2 Å². The van der Waals surface area contributed by atoms with Gasteiger partial charge in [-0.2, -0.15) is 0 Å². The molecule has 0 spiro atoms. The average molecular weight is 305 g/mol. The lowest BCUT2D eigenvalue weighted by Gasteiger charge is -2.01. The van der Waals surface area contributed by atoms with Gasteiger partial charge in [0.05, 0.1) is 6.42 Å². The first kappa shape index (κ1) is 15.0. The number of nitrogens with zero attached hydrogens (tertiary/aromatic N) is 1. The van der Waals surface area contributed by atoms with Gasteiger partial charge in [-0.3, -0.25) is 9.79 Å². The number of fused-ring (bicyclic) bond motifs is 1. The number of aromatic nitrogens is 1. The van der Waals surface area contributed by atoms with Crippen LogP contribution in [-0.4, -0.2) is 23.7 Å². The van der Waals surface area contributed by atoms with Crippen LogP contribution in [0.2, 0.25) is 0 Å². The molecular formula is C19H19N3O. The summed E-state index contributed by atoms with van der Waals surface area (Å²) in [6.45, 7) is 0.724. The fraction of sp³-hybridized carbons (Fsp3) is 0.158. The Morgan fingerprint density at radius 2 is 2.00 bits per heavy atom. The molecule has 0 atom stereocenters. The van der Waals surface area contributed by atoms with Gasteiger partial charge in [0.25, 0.3) is 0 Å². The molecule has 0 radical (unpaired) electrons. The molecule has 1 amide bonds. The summed E-state index contributed by atoms with van der Waals surface area (Å²) in [5, 5.41) is 1.14. The van der Waals surface area contributed by atoms with Crippen LogP contribution >= 0.6 is 0 Å². The van der Waals surface area contributed by atoms with Crippen molar-refractivity contribution in [3.63, 3.8) is 0 Å². The number of benzene rings is 2. The lowest BCUT2D eigenvalue weighted by Crippen LogP contribution is -2.13. The summed E-state index contributed by atoms with van der Waals surface area (Å²) < 4.78 is 0. The largest absolute Gasteiger partial charge is 0.369 e. The molecule has 4 nitrogen and oxygen atoms in total. The molecule has 1 aromatic heterocycles. The van der Waals surface area contributed by atoms with Gasteiger partial charge in [0.1, 0.15) is 0 Å². The normalized spacial score (nSPS) is 11.3. The number of primary amides is 1. The van der Waals surface area contributed by atoms with Gasteiger partial charge < -0.3 is 10.7 Å². The monoisotopic (exact) mass is 305 g/mol. The van der Waals surface area contributed by atoms with E-state index in [0.29, 0.717) is 0 Å². The highest BCUT2D eigenvalue weighted by Crippen LogP contribution is 2.20. The maximum Gasteiger partial charge on any atom is 0.221 e. The number of aliphatic imine (C=N–C) groups is 1. The van der Waals surface area contributed by atoms with E-state index in [4.69, 9.17) is 5.73 Å². The second-order valence-electron chi connectivity index (χ2n) is 5.53. The van der Waals surface area contributed by atoms with E-state index in [1.165, 1.54) is 5.56 Å². The number of rotatable bonds is 6. The number of carbonyl (C=O) groups is 1. The van der Waals surface area contributed by atoms with E-state index in [2.05, 4.69) is 9.98 Å². The zero-order valence-electron chi connectivity index (χ0n) is 12.8. The van der Waals surface area contributed by atoms with Crippen LogP contribution in [0.1, 0.15) is 16.7 Å². The van der Waals surface area contributed by atoms with Crippen molar-refractivity contribution in [1.82, 2.24) is 4.98 Å². The quantitative estimate of drug-likeness (QED) is 0.675. The number of aromatic amines is 1. The van der Waals surface area contributed by atoms with Gasteiger partial charge in [0.2, 0.25) is 5.91 Å². The van der Waals surface area contributed by atoms with Crippen LogP contribution < -0.4 is 5.73 Å². The minimum absolute atomic E-state index is 0.271. The Balaban J connectivity index is 1.70. The van der Waals surface area contributed by atoms with Gasteiger partial charge in [0.15, 0.2) is 0 Å². The lowest BCUT2D eigenvalue weighted by atomic mass is 10.1. The number of hydrogen-bond donors (Lipinski definition) is 2. The smallest absolute Gasteiger partial charge is 0.221 e. The molecule has 4 heteroatoms. The zero-order chi connectivity index (χ0) is 16.1. The van der Waals surface area contributed by atoms with Crippen LogP contribution in [0.15, 0.2) is 59.7 Å². The summed E-state index contributed by atoms with van der Waals surface area (Å²) in [6.07, 6.45) is 5.03. The van der Waals surface area contributed by atoms with Crippen molar-refractivity contribution in [3.05, 3.63) is 71.4 Å². The fourth-order valence-corrected chi connectivity index (χ4v) is 2.64. The summed E-state index contributed by atoms with van der Waals surface area (Å²) in [7, 11) is 0. The summed E-state index contributed by atoms with van der Waals surface area (Å²) >= 11 is 0. The Labute approximate surface area is 135 Å². The number of nitrogens with two attached hydrogens (primary N) is 1. The van der Waals surface area contributed by atoms with E-state index in [-0.39, 0.29) is 12.3 Å². The van der Waals surface area contributed by atoms with Crippen LogP contribution in [0.4, 0.5) is 0 Å². The van der Waals surface area contributed by atoms with Crippen LogP contribution in [-0.2, 0) is 17.6 Å². The van der Waals surface area contributed by atoms with Gasteiger partial charge in [-0.1, -0.05) is 36.4 Å². The molecule has 23 heavy (non-hydrogen) atoms. The maximum atomic E-state index is 11.1. The van der Waals surface area contributed by atoms with E-state index in [1.807, 2.05) is 60.9 Å². The summed E-state index contributed by atoms with van der Waals surface area (Å²) in [4.78, 5) is 18.8. The van der Waals surface area contributed by atoms with Crippen molar-refractivity contribution in [2.45, 2.75) is 12.8 Å². The second-order valence-corrected chi connectivity index (χ2v) is 5.53. The molecule has 116 valence electrons. The highest BCUT2D eigenvalue weighted by atomic mass is 16.1. The third-order valence-electron chi connectivity index (χ3n) is 3.76. The molecule has 0 saturated carbocycles. The van der Waals surface area contributed by atoms with Crippen molar-refractivity contribution in [2.75, 3.05) is 6.54 Å². The van der Waals surface area contributed by atoms with Crippen LogP contribution in [0.5, 0.6) is 0 Å². The van der Waals surface area contributed by atoms with Crippen molar-refractivity contribution in [2.24, 2.45) is 10.7 Å². The first-order valence-electron chi connectivity index (χ1n) is 7.64. The summed E-state index contributed by atoms with van der Waals surface area (Å²) in [5.74, 6) is -0.311. The minimum atomic E-state index is -0.311. The Bertz CT molecular complexity index is 834. The van der Waals surface area contributed by atoms with E-state index < -0.39 is 0 Å². The Hall–Kier alpha value is -2.88. The van der Waals surface area contributed by atoms with Gasteiger partial charge in [-0.15, -0.1) is 0 Å². The van der Waals surface area contributed by atoms with Gasteiger partial charge in [0, 0.05) is 29.9 Å². The predicted octanol–water partition coefficient (Wildman–Crippen LogP) is 2.86. The first-order valence-corrected chi connectivity index (χ1v) is 7.64. The molecule has 3 aromatic rings. The Morgan fingerprint density at radius 1 is 1.17 bits per heavy atom. The molecule has 0 aliphatic carbocycles. The zero-order valence-corrected chi connectivity index (χ0v) is 12.8. The van der Waals surface area contributed by atoms with Crippen molar-refractivity contribution in [3.8, 4) is 0 Å². The highest BCUT2D eigenvalue weighted by Gasteiger charge is 2.06. The molecule has 1 heterocycles. The van der Waals surface area contributed by atoms with Crippen molar-refractivity contribution in [1.29, 1.82) is 0 Å². The predicted molar refractivity (Wildman–Crippen MR) is 93.8 cm³/mol. The van der Waals surface area contributed by atoms with Crippen LogP contribution in [0, 0.1) is 0 Å². The molecule has 0 unspecified atom stereocenters. The summed E-state index contributed by atoms with van der Waals surface area (Å²) in [5.41, 5.74) is 9.59. The van der Waals surface area contributed by atoms with Gasteiger partial charge in [-0.25, -0.2) is 0 Å². The highest BCUT2D eigenvalue weighted by molar-refractivity contribution is 5.86. The lowest BCUT2D eigenvalue weighted by molar-refractivity contribution is -0.117. The van der Waals surface area contributed by atoms with Crippen molar-refractivity contribution >= 4 is 23.0 Å². The number of hydrogen-bond acceptors (Lipinski definition) is 2. The molecule has 0 saturated heterocycles. The molecule has 0 fully saturated rings. The summed E-state index contributed by atoms with van der Waals surface area (Å²) in [6, 6.07) is 16.0. The van der Waals surface area contributed by atoms with Gasteiger partial charge >= 0.3 is 0 Å². The van der Waals surface area contributed by atoms with E-state index in [1.54, 1.807) is 0 Å². The van der Waals surface area contributed by atoms with Gasteiger partial charge in [-0.05, 0) is 35.2 Å². The fourth-order valence-electron chi connectivity index (χ4n) is 2.64.